The van der Waals surface area contributed by atoms with Gasteiger partial charge in [-0.25, -0.2) is 0 Å². The second-order valence-corrected chi connectivity index (χ2v) is 6.67. The van der Waals surface area contributed by atoms with Gasteiger partial charge in [0.25, 0.3) is 0 Å². The molecule has 148 valence electrons. The van der Waals surface area contributed by atoms with Crippen molar-refractivity contribution in [2.45, 2.75) is 20.8 Å². The van der Waals surface area contributed by atoms with Gasteiger partial charge in [0.2, 0.25) is 0 Å². The van der Waals surface area contributed by atoms with E-state index in [1.165, 1.54) is 0 Å². The quantitative estimate of drug-likeness (QED) is 0.274. The summed E-state index contributed by atoms with van der Waals surface area (Å²) in [6.07, 6.45) is 0. The summed E-state index contributed by atoms with van der Waals surface area (Å²) in [4.78, 5) is 9.19. The molecule has 0 saturated carbocycles. The molecule has 26 heavy (non-hydrogen) atoms. The number of benzene rings is 1. The lowest BCUT2D eigenvalue weighted by atomic mass is 10.2. The Bertz CT molecular complexity index is 546. The Balaban J connectivity index is 0.00000338. The third-order valence-electron chi connectivity index (χ3n) is 4.08. The molecule has 2 N–H and O–H groups in total. The Hall–Kier alpha value is -1.22. The first-order valence-electron chi connectivity index (χ1n) is 9.25. The SMILES string of the molecule is CCNC(=NCCOCC(C)C)N1CCN(c2ccccc2O)CC1.I. The van der Waals surface area contributed by atoms with Crippen LogP contribution in [0.3, 0.4) is 0 Å². The van der Waals surface area contributed by atoms with Gasteiger partial charge in [-0.1, -0.05) is 26.0 Å². The van der Waals surface area contributed by atoms with Crippen LogP contribution in [0, 0.1) is 5.92 Å². The monoisotopic (exact) mass is 476 g/mol. The second kappa shape index (κ2) is 12.2. The number of nitrogens with zero attached hydrogens (tertiary/aromatic N) is 3. The molecule has 7 heteroatoms. The zero-order valence-corrected chi connectivity index (χ0v) is 18.5. The van der Waals surface area contributed by atoms with Crippen molar-refractivity contribution in [2.75, 3.05) is 57.4 Å². The van der Waals surface area contributed by atoms with Gasteiger partial charge in [0.1, 0.15) is 5.75 Å². The molecular weight excluding hydrogens is 443 g/mol. The van der Waals surface area contributed by atoms with Crippen LogP contribution in [0.15, 0.2) is 29.3 Å². The maximum absolute atomic E-state index is 10.0. The minimum Gasteiger partial charge on any atom is -0.506 e. The maximum Gasteiger partial charge on any atom is 0.194 e. The molecule has 1 aromatic carbocycles. The van der Waals surface area contributed by atoms with Crippen molar-refractivity contribution in [2.24, 2.45) is 10.9 Å². The van der Waals surface area contributed by atoms with Gasteiger partial charge in [-0.3, -0.25) is 4.99 Å². The number of anilines is 1. The molecule has 0 amide bonds. The van der Waals surface area contributed by atoms with Crippen LogP contribution in [0.2, 0.25) is 0 Å². The minimum absolute atomic E-state index is 0. The third-order valence-corrected chi connectivity index (χ3v) is 4.08. The van der Waals surface area contributed by atoms with Crippen molar-refractivity contribution in [3.8, 4) is 5.75 Å². The smallest absolute Gasteiger partial charge is 0.194 e. The summed E-state index contributed by atoms with van der Waals surface area (Å²) >= 11 is 0. The Morgan fingerprint density at radius 1 is 1.23 bits per heavy atom. The van der Waals surface area contributed by atoms with Crippen LogP contribution < -0.4 is 10.2 Å². The second-order valence-electron chi connectivity index (χ2n) is 6.67. The van der Waals surface area contributed by atoms with E-state index >= 15 is 0 Å². The molecule has 0 atom stereocenters. The molecule has 0 unspecified atom stereocenters. The van der Waals surface area contributed by atoms with Crippen LogP contribution in [0.5, 0.6) is 5.75 Å². The van der Waals surface area contributed by atoms with Gasteiger partial charge in [0, 0.05) is 39.3 Å². The fourth-order valence-corrected chi connectivity index (χ4v) is 2.85. The molecule has 1 heterocycles. The Morgan fingerprint density at radius 3 is 2.54 bits per heavy atom. The summed E-state index contributed by atoms with van der Waals surface area (Å²) in [5, 5.41) is 13.4. The molecule has 0 radical (unpaired) electrons. The average molecular weight is 476 g/mol. The number of rotatable bonds is 7. The van der Waals surface area contributed by atoms with Crippen molar-refractivity contribution >= 4 is 35.6 Å². The number of halogens is 1. The van der Waals surface area contributed by atoms with E-state index in [1.54, 1.807) is 6.07 Å². The van der Waals surface area contributed by atoms with Crippen LogP contribution in [0.25, 0.3) is 0 Å². The van der Waals surface area contributed by atoms with Crippen molar-refractivity contribution < 1.29 is 9.84 Å². The summed E-state index contributed by atoms with van der Waals surface area (Å²) in [6, 6.07) is 7.53. The number of hydrogen-bond donors (Lipinski definition) is 2. The first kappa shape index (κ1) is 22.8. The van der Waals surface area contributed by atoms with E-state index in [-0.39, 0.29) is 24.0 Å². The van der Waals surface area contributed by atoms with Crippen LogP contribution >= 0.6 is 24.0 Å². The van der Waals surface area contributed by atoms with Crippen molar-refractivity contribution in [3.63, 3.8) is 0 Å². The molecule has 1 saturated heterocycles. The third kappa shape index (κ3) is 7.19. The summed E-state index contributed by atoms with van der Waals surface area (Å²) in [6.45, 7) is 12.9. The first-order valence-corrected chi connectivity index (χ1v) is 9.25. The first-order chi connectivity index (χ1) is 12.1. The molecule has 1 aromatic rings. The number of nitrogens with one attached hydrogen (secondary N) is 1. The zero-order valence-electron chi connectivity index (χ0n) is 16.1. The number of phenols is 1. The Labute approximate surface area is 174 Å². The fourth-order valence-electron chi connectivity index (χ4n) is 2.85. The van der Waals surface area contributed by atoms with Crippen molar-refractivity contribution in [1.29, 1.82) is 0 Å². The highest BCUT2D eigenvalue weighted by Crippen LogP contribution is 2.27. The molecular formula is C19H33IN4O2. The lowest BCUT2D eigenvalue weighted by molar-refractivity contribution is 0.116. The summed E-state index contributed by atoms with van der Waals surface area (Å²) in [7, 11) is 0. The van der Waals surface area contributed by atoms with Crippen LogP contribution in [-0.2, 0) is 4.74 Å². The van der Waals surface area contributed by atoms with E-state index in [0.717, 1.165) is 51.0 Å². The van der Waals surface area contributed by atoms with E-state index in [1.807, 2.05) is 18.2 Å². The lowest BCUT2D eigenvalue weighted by Crippen LogP contribution is -2.52. The van der Waals surface area contributed by atoms with E-state index in [2.05, 4.69) is 40.9 Å². The van der Waals surface area contributed by atoms with Crippen LogP contribution in [0.4, 0.5) is 5.69 Å². The van der Waals surface area contributed by atoms with Gasteiger partial charge in [0.05, 0.1) is 18.8 Å². The van der Waals surface area contributed by atoms with Gasteiger partial charge >= 0.3 is 0 Å². The Kier molecular flexibility index (Phi) is 10.7. The number of guanidine groups is 1. The minimum atomic E-state index is 0. The van der Waals surface area contributed by atoms with Gasteiger partial charge < -0.3 is 25.0 Å². The number of ether oxygens (including phenoxy) is 1. The molecule has 1 fully saturated rings. The normalized spacial score (nSPS) is 15.2. The van der Waals surface area contributed by atoms with E-state index in [4.69, 9.17) is 4.74 Å². The van der Waals surface area contributed by atoms with Gasteiger partial charge in [-0.15, -0.1) is 24.0 Å². The van der Waals surface area contributed by atoms with Crippen LogP contribution in [0.1, 0.15) is 20.8 Å². The molecule has 1 aliphatic rings. The predicted octanol–water partition coefficient (Wildman–Crippen LogP) is 2.77. The predicted molar refractivity (Wildman–Crippen MR) is 119 cm³/mol. The molecule has 0 bridgehead atoms. The van der Waals surface area contributed by atoms with Gasteiger partial charge in [0.15, 0.2) is 5.96 Å². The molecule has 0 aromatic heterocycles. The van der Waals surface area contributed by atoms with Gasteiger partial charge in [-0.05, 0) is 25.0 Å². The summed E-state index contributed by atoms with van der Waals surface area (Å²) in [5.41, 5.74) is 0.908. The summed E-state index contributed by atoms with van der Waals surface area (Å²) < 4.78 is 5.61. The maximum atomic E-state index is 10.0. The molecule has 1 aliphatic heterocycles. The van der Waals surface area contributed by atoms with Gasteiger partial charge in [-0.2, -0.15) is 0 Å². The number of piperazine rings is 1. The van der Waals surface area contributed by atoms with E-state index < -0.39 is 0 Å². The largest absolute Gasteiger partial charge is 0.506 e. The fraction of sp³-hybridized carbons (Fsp3) is 0.632. The molecule has 0 spiro atoms. The standard InChI is InChI=1S/C19H32N4O2.HI/c1-4-20-19(21-9-14-25-15-16(2)3)23-12-10-22(11-13-23)17-7-5-6-8-18(17)24;/h5-8,16,24H,4,9-15H2,1-3H3,(H,20,21);1H. The van der Waals surface area contributed by atoms with E-state index in [9.17, 15) is 5.11 Å². The van der Waals surface area contributed by atoms with Crippen LogP contribution in [-0.4, -0.2) is 68.4 Å². The molecule has 2 rings (SSSR count). The van der Waals surface area contributed by atoms with Crippen molar-refractivity contribution in [1.82, 2.24) is 10.2 Å². The average Bonchev–Trinajstić information content (AvgIpc) is 2.61. The zero-order chi connectivity index (χ0) is 18.1. The number of para-hydroxylation sites is 2. The highest BCUT2D eigenvalue weighted by molar-refractivity contribution is 14.0. The molecule has 0 aliphatic carbocycles. The number of aromatic hydroxyl groups is 1. The topological polar surface area (TPSA) is 60.3 Å². The highest BCUT2D eigenvalue weighted by atomic mass is 127. The summed E-state index contributed by atoms with van der Waals surface area (Å²) in [5.74, 6) is 1.85. The van der Waals surface area contributed by atoms with Crippen molar-refractivity contribution in [3.05, 3.63) is 24.3 Å². The molecule has 6 nitrogen and oxygen atoms in total. The number of aliphatic imine (C=N–C) groups is 1. The number of phenolic OH excluding ortho intramolecular Hbond substituents is 1. The highest BCUT2D eigenvalue weighted by Gasteiger charge is 2.21. The number of hydrogen-bond acceptors (Lipinski definition) is 4. The Morgan fingerprint density at radius 2 is 1.92 bits per heavy atom. The lowest BCUT2D eigenvalue weighted by Gasteiger charge is -2.37. The van der Waals surface area contributed by atoms with E-state index in [0.29, 0.717) is 24.8 Å².